The molecule has 4 rings (SSSR count). The van der Waals surface area contributed by atoms with Crippen molar-refractivity contribution in [2.75, 3.05) is 7.11 Å². The number of aromatic nitrogens is 2. The summed E-state index contributed by atoms with van der Waals surface area (Å²) in [4.78, 5) is 16.8. The van der Waals surface area contributed by atoms with E-state index in [0.29, 0.717) is 22.2 Å². The zero-order valence-electron chi connectivity index (χ0n) is 17.6. The highest BCUT2D eigenvalue weighted by Gasteiger charge is 2.13. The molecule has 0 aliphatic rings. The van der Waals surface area contributed by atoms with E-state index in [-0.39, 0.29) is 5.97 Å². The molecule has 0 spiro atoms. The SMILES string of the molecule is COC(=O)c1cccc(Cn2cc(-c3ccc(Cl)cc3Cl)nc2C=Cc2ccc(Br)cc2)c1. The summed E-state index contributed by atoms with van der Waals surface area (Å²) in [6.45, 7) is 0.517. The molecule has 33 heavy (non-hydrogen) atoms. The van der Waals surface area contributed by atoms with Gasteiger partial charge in [0.15, 0.2) is 0 Å². The van der Waals surface area contributed by atoms with E-state index in [1.807, 2.05) is 71.4 Å². The van der Waals surface area contributed by atoms with E-state index >= 15 is 0 Å². The van der Waals surface area contributed by atoms with Crippen LogP contribution < -0.4 is 0 Å². The molecule has 0 unspecified atom stereocenters. The number of carbonyl (C=O) groups excluding carboxylic acids is 1. The molecule has 1 aromatic heterocycles. The van der Waals surface area contributed by atoms with Crippen LogP contribution in [0.4, 0.5) is 0 Å². The van der Waals surface area contributed by atoms with Gasteiger partial charge in [-0.1, -0.05) is 69.5 Å². The van der Waals surface area contributed by atoms with Crippen molar-refractivity contribution >= 4 is 57.3 Å². The lowest BCUT2D eigenvalue weighted by Crippen LogP contribution is -2.05. The summed E-state index contributed by atoms with van der Waals surface area (Å²) in [5.41, 5.74) is 4.02. The lowest BCUT2D eigenvalue weighted by atomic mass is 10.1. The third kappa shape index (κ3) is 5.74. The first kappa shape index (κ1) is 23.3. The van der Waals surface area contributed by atoms with Crippen LogP contribution in [0.15, 0.2) is 77.4 Å². The normalized spacial score (nSPS) is 11.2. The van der Waals surface area contributed by atoms with Gasteiger partial charge in [0.2, 0.25) is 0 Å². The Labute approximate surface area is 210 Å². The lowest BCUT2D eigenvalue weighted by Gasteiger charge is -2.07. The Bertz CT molecular complexity index is 1330. The molecule has 0 aliphatic carbocycles. The molecule has 0 fully saturated rings. The Morgan fingerprint density at radius 3 is 2.58 bits per heavy atom. The molecular formula is C26H19BrCl2N2O2. The summed E-state index contributed by atoms with van der Waals surface area (Å²) in [7, 11) is 1.37. The van der Waals surface area contributed by atoms with Crippen molar-refractivity contribution in [3.05, 3.63) is 110 Å². The van der Waals surface area contributed by atoms with Crippen LogP contribution >= 0.6 is 39.1 Å². The maximum atomic E-state index is 11.9. The topological polar surface area (TPSA) is 44.1 Å². The van der Waals surface area contributed by atoms with Crippen LogP contribution in [0.25, 0.3) is 23.4 Å². The average Bonchev–Trinajstić information content (AvgIpc) is 3.20. The van der Waals surface area contributed by atoms with Crippen LogP contribution in [0.3, 0.4) is 0 Å². The number of hydrogen-bond acceptors (Lipinski definition) is 3. The molecular weight excluding hydrogens is 523 g/mol. The van der Waals surface area contributed by atoms with E-state index in [1.54, 1.807) is 18.2 Å². The first-order valence-electron chi connectivity index (χ1n) is 10.1. The third-order valence-corrected chi connectivity index (χ3v) is 6.09. The van der Waals surface area contributed by atoms with Crippen molar-refractivity contribution < 1.29 is 9.53 Å². The highest BCUT2D eigenvalue weighted by Crippen LogP contribution is 2.30. The first-order chi connectivity index (χ1) is 15.9. The van der Waals surface area contributed by atoms with Crippen molar-refractivity contribution in [3.8, 4) is 11.3 Å². The zero-order chi connectivity index (χ0) is 23.4. The predicted octanol–water partition coefficient (Wildman–Crippen LogP) is 7.62. The molecule has 4 aromatic rings. The highest BCUT2D eigenvalue weighted by molar-refractivity contribution is 9.10. The van der Waals surface area contributed by atoms with Crippen LogP contribution in [0.2, 0.25) is 10.0 Å². The first-order valence-corrected chi connectivity index (χ1v) is 11.6. The predicted molar refractivity (Wildman–Crippen MR) is 138 cm³/mol. The van der Waals surface area contributed by atoms with Gasteiger partial charge in [-0.3, -0.25) is 0 Å². The number of rotatable bonds is 6. The van der Waals surface area contributed by atoms with E-state index in [4.69, 9.17) is 32.9 Å². The Morgan fingerprint density at radius 2 is 1.85 bits per heavy atom. The quantitative estimate of drug-likeness (QED) is 0.236. The van der Waals surface area contributed by atoms with Crippen molar-refractivity contribution in [2.45, 2.75) is 6.54 Å². The van der Waals surface area contributed by atoms with Gasteiger partial charge in [-0.05, 0) is 59.7 Å². The van der Waals surface area contributed by atoms with Gasteiger partial charge in [-0.15, -0.1) is 0 Å². The van der Waals surface area contributed by atoms with Gasteiger partial charge in [-0.2, -0.15) is 0 Å². The molecule has 3 aromatic carbocycles. The standard InChI is InChI=1S/C26H19BrCl2N2O2/c1-33-26(32)19-4-2-3-18(13-19)15-31-16-24(22-11-10-21(28)14-23(22)29)30-25(31)12-7-17-5-8-20(27)9-6-17/h2-14,16H,15H2,1H3. The number of hydrogen-bond donors (Lipinski definition) is 0. The molecule has 166 valence electrons. The summed E-state index contributed by atoms with van der Waals surface area (Å²) in [5.74, 6) is 0.383. The van der Waals surface area contributed by atoms with Crippen LogP contribution in [-0.2, 0) is 11.3 Å². The van der Waals surface area contributed by atoms with E-state index in [2.05, 4.69) is 15.9 Å². The molecule has 7 heteroatoms. The molecule has 0 bridgehead atoms. The molecule has 4 nitrogen and oxygen atoms in total. The maximum Gasteiger partial charge on any atom is 0.337 e. The second-order valence-corrected chi connectivity index (χ2v) is 9.07. The number of benzene rings is 3. The van der Waals surface area contributed by atoms with Crippen molar-refractivity contribution in [2.24, 2.45) is 0 Å². The minimum atomic E-state index is -0.369. The summed E-state index contributed by atoms with van der Waals surface area (Å²) < 4.78 is 7.89. The Kier molecular flexibility index (Phi) is 7.33. The second-order valence-electron chi connectivity index (χ2n) is 7.31. The van der Waals surface area contributed by atoms with Crippen LogP contribution in [0.1, 0.15) is 27.3 Å². The molecule has 0 N–H and O–H groups in total. The monoisotopic (exact) mass is 540 g/mol. The van der Waals surface area contributed by atoms with Crippen LogP contribution in [0.5, 0.6) is 0 Å². The highest BCUT2D eigenvalue weighted by atomic mass is 79.9. The van der Waals surface area contributed by atoms with E-state index in [1.165, 1.54) is 7.11 Å². The Hall–Kier alpha value is -2.86. The van der Waals surface area contributed by atoms with Crippen molar-refractivity contribution in [1.82, 2.24) is 9.55 Å². The minimum absolute atomic E-state index is 0.369. The number of imidazole rings is 1. The number of esters is 1. The number of nitrogens with zero attached hydrogens (tertiary/aromatic N) is 2. The Morgan fingerprint density at radius 1 is 1.06 bits per heavy atom. The largest absolute Gasteiger partial charge is 0.465 e. The Balaban J connectivity index is 1.73. The summed E-state index contributed by atoms with van der Waals surface area (Å²) in [6, 6.07) is 20.7. The fraction of sp³-hybridized carbons (Fsp3) is 0.0769. The molecule has 0 aliphatic heterocycles. The van der Waals surface area contributed by atoms with Crippen LogP contribution in [-0.4, -0.2) is 22.6 Å². The molecule has 0 saturated carbocycles. The number of halogens is 3. The smallest absolute Gasteiger partial charge is 0.337 e. The van der Waals surface area contributed by atoms with E-state index in [0.717, 1.165) is 32.7 Å². The van der Waals surface area contributed by atoms with E-state index in [9.17, 15) is 4.79 Å². The summed E-state index contributed by atoms with van der Waals surface area (Å²) in [6.07, 6.45) is 5.91. The van der Waals surface area contributed by atoms with Gasteiger partial charge in [-0.25, -0.2) is 9.78 Å². The van der Waals surface area contributed by atoms with Gasteiger partial charge < -0.3 is 9.30 Å². The van der Waals surface area contributed by atoms with Crippen molar-refractivity contribution in [1.29, 1.82) is 0 Å². The number of ether oxygens (including phenoxy) is 1. The zero-order valence-corrected chi connectivity index (χ0v) is 20.7. The number of methoxy groups -OCH3 is 1. The minimum Gasteiger partial charge on any atom is -0.465 e. The summed E-state index contributed by atoms with van der Waals surface area (Å²) in [5, 5.41) is 1.10. The van der Waals surface area contributed by atoms with Gasteiger partial charge in [0, 0.05) is 27.8 Å². The third-order valence-electron chi connectivity index (χ3n) is 5.01. The molecule has 0 amide bonds. The molecule has 0 saturated heterocycles. The van der Waals surface area contributed by atoms with Gasteiger partial charge in [0.25, 0.3) is 0 Å². The van der Waals surface area contributed by atoms with Crippen LogP contribution in [0, 0.1) is 0 Å². The maximum absolute atomic E-state index is 11.9. The van der Waals surface area contributed by atoms with Gasteiger partial charge >= 0.3 is 5.97 Å². The molecule has 0 radical (unpaired) electrons. The van der Waals surface area contributed by atoms with Gasteiger partial charge in [0.1, 0.15) is 5.82 Å². The lowest BCUT2D eigenvalue weighted by molar-refractivity contribution is 0.0600. The van der Waals surface area contributed by atoms with Gasteiger partial charge in [0.05, 0.1) is 23.4 Å². The fourth-order valence-corrected chi connectivity index (χ4v) is 4.14. The second kappa shape index (κ2) is 10.4. The molecule has 1 heterocycles. The fourth-order valence-electron chi connectivity index (χ4n) is 3.37. The number of carbonyl (C=O) groups is 1. The molecule has 0 atom stereocenters. The summed E-state index contributed by atoms with van der Waals surface area (Å²) >= 11 is 16.0. The van der Waals surface area contributed by atoms with E-state index < -0.39 is 0 Å². The average molecular weight is 542 g/mol. The van der Waals surface area contributed by atoms with Crippen molar-refractivity contribution in [3.63, 3.8) is 0 Å².